The van der Waals surface area contributed by atoms with Crippen LogP contribution in [0, 0.1) is 10.1 Å². The molecule has 0 aliphatic rings. The molecule has 3 N–H and O–H groups in total. The van der Waals surface area contributed by atoms with Gasteiger partial charge < -0.3 is 4.74 Å². The first kappa shape index (κ1) is 13.7. The number of hydrogen-bond acceptors (Lipinski definition) is 8. The second kappa shape index (κ2) is 5.48. The number of nitrogens with zero attached hydrogens (tertiary/aromatic N) is 5. The van der Waals surface area contributed by atoms with Crippen molar-refractivity contribution in [2.75, 3.05) is 5.43 Å². The van der Waals surface area contributed by atoms with Gasteiger partial charge in [-0.25, -0.2) is 10.8 Å². The van der Waals surface area contributed by atoms with E-state index < -0.39 is 4.92 Å². The fourth-order valence-corrected chi connectivity index (χ4v) is 1.40. The summed E-state index contributed by atoms with van der Waals surface area (Å²) in [5.41, 5.74) is 1.84. The van der Waals surface area contributed by atoms with Gasteiger partial charge in [0.15, 0.2) is 5.75 Å². The van der Waals surface area contributed by atoms with Crippen molar-refractivity contribution in [1.29, 1.82) is 0 Å². The maximum atomic E-state index is 10.9. The largest absolute Gasteiger partial charge is 0.430 e. The lowest BCUT2D eigenvalue weighted by molar-refractivity contribution is -0.386. The third kappa shape index (κ3) is 2.80. The van der Waals surface area contributed by atoms with E-state index >= 15 is 0 Å². The Balaban J connectivity index is 2.32. The summed E-state index contributed by atoms with van der Waals surface area (Å²) in [5, 5.41) is 15.0. The molecule has 0 saturated carbocycles. The van der Waals surface area contributed by atoms with Crippen molar-refractivity contribution in [3.8, 4) is 11.6 Å². The summed E-state index contributed by atoms with van der Waals surface area (Å²) in [6, 6.07) is 0.147. The van der Waals surface area contributed by atoms with Gasteiger partial charge in [0.05, 0.1) is 17.3 Å². The van der Waals surface area contributed by atoms with Gasteiger partial charge in [-0.2, -0.15) is 10.1 Å². The van der Waals surface area contributed by atoms with E-state index in [1.807, 2.05) is 13.8 Å². The zero-order valence-corrected chi connectivity index (χ0v) is 10.8. The molecule has 2 aromatic heterocycles. The first-order valence-electron chi connectivity index (χ1n) is 5.71. The Morgan fingerprint density at radius 2 is 2.25 bits per heavy atom. The van der Waals surface area contributed by atoms with Crippen LogP contribution in [0.5, 0.6) is 11.6 Å². The van der Waals surface area contributed by atoms with Crippen LogP contribution in [0.25, 0.3) is 0 Å². The molecular weight excluding hydrogens is 266 g/mol. The Kier molecular flexibility index (Phi) is 3.75. The van der Waals surface area contributed by atoms with Crippen molar-refractivity contribution in [3.05, 3.63) is 28.7 Å². The van der Waals surface area contributed by atoms with E-state index in [4.69, 9.17) is 10.6 Å². The van der Waals surface area contributed by atoms with Crippen LogP contribution in [0.4, 0.5) is 11.6 Å². The van der Waals surface area contributed by atoms with Crippen molar-refractivity contribution in [2.24, 2.45) is 5.84 Å². The molecular formula is C10H13N7O3. The third-order valence-corrected chi connectivity index (χ3v) is 2.38. The summed E-state index contributed by atoms with van der Waals surface area (Å²) >= 11 is 0. The minimum Gasteiger partial charge on any atom is -0.430 e. The number of nitrogens with two attached hydrogens (primary N) is 1. The van der Waals surface area contributed by atoms with E-state index in [2.05, 4.69) is 20.5 Å². The Morgan fingerprint density at radius 3 is 2.80 bits per heavy atom. The molecule has 0 amide bonds. The van der Waals surface area contributed by atoms with Crippen molar-refractivity contribution in [2.45, 2.75) is 19.9 Å². The van der Waals surface area contributed by atoms with Crippen molar-refractivity contribution in [1.82, 2.24) is 19.7 Å². The number of nitrogens with one attached hydrogen (secondary N) is 1. The van der Waals surface area contributed by atoms with E-state index in [9.17, 15) is 10.1 Å². The summed E-state index contributed by atoms with van der Waals surface area (Å²) in [6.07, 6.45) is 4.08. The molecule has 0 spiro atoms. The maximum absolute atomic E-state index is 10.9. The van der Waals surface area contributed by atoms with E-state index in [1.54, 1.807) is 10.9 Å². The van der Waals surface area contributed by atoms with Crippen molar-refractivity contribution in [3.63, 3.8) is 0 Å². The summed E-state index contributed by atoms with van der Waals surface area (Å²) in [4.78, 5) is 17.7. The Morgan fingerprint density at radius 1 is 1.50 bits per heavy atom. The lowest BCUT2D eigenvalue weighted by Gasteiger charge is -2.05. The lowest BCUT2D eigenvalue weighted by Crippen LogP contribution is -2.11. The quantitative estimate of drug-likeness (QED) is 0.474. The number of anilines is 1. The molecule has 0 radical (unpaired) electrons. The molecule has 0 aliphatic heterocycles. The highest BCUT2D eigenvalue weighted by molar-refractivity contribution is 5.44. The standard InChI is InChI=1S/C10H13N7O3/c1-6(2)16-5-7(3-13-16)20-9-8(17(18)19)4-12-10(14-9)15-11/h3-6H,11H2,1-2H3,(H,12,14,15). The molecule has 20 heavy (non-hydrogen) atoms. The highest BCUT2D eigenvalue weighted by Gasteiger charge is 2.20. The van der Waals surface area contributed by atoms with Crippen LogP contribution >= 0.6 is 0 Å². The van der Waals surface area contributed by atoms with Crippen LogP contribution in [0.15, 0.2) is 18.6 Å². The van der Waals surface area contributed by atoms with Gasteiger partial charge >= 0.3 is 11.6 Å². The number of aromatic nitrogens is 4. The van der Waals surface area contributed by atoms with Crippen LogP contribution < -0.4 is 16.0 Å². The Labute approximate surface area is 113 Å². The monoisotopic (exact) mass is 279 g/mol. The van der Waals surface area contributed by atoms with Gasteiger partial charge in [-0.3, -0.25) is 20.2 Å². The number of ether oxygens (including phenoxy) is 1. The van der Waals surface area contributed by atoms with Gasteiger partial charge in [0, 0.05) is 6.04 Å². The highest BCUT2D eigenvalue weighted by Crippen LogP contribution is 2.29. The number of rotatable bonds is 5. The van der Waals surface area contributed by atoms with Gasteiger partial charge in [0.25, 0.3) is 0 Å². The molecule has 106 valence electrons. The topological polar surface area (TPSA) is 134 Å². The third-order valence-electron chi connectivity index (χ3n) is 2.38. The SMILES string of the molecule is CC(C)n1cc(Oc2nc(NN)ncc2[N+](=O)[O-])cn1. The average molecular weight is 279 g/mol. The predicted molar refractivity (Wildman–Crippen MR) is 69.2 cm³/mol. The zero-order chi connectivity index (χ0) is 14.7. The van der Waals surface area contributed by atoms with Gasteiger partial charge in [-0.05, 0) is 13.8 Å². The van der Waals surface area contributed by atoms with E-state index in [1.165, 1.54) is 6.20 Å². The average Bonchev–Trinajstić information content (AvgIpc) is 2.87. The fourth-order valence-electron chi connectivity index (χ4n) is 1.40. The Bertz CT molecular complexity index is 625. The number of hydrogen-bond donors (Lipinski definition) is 2. The molecule has 0 aliphatic carbocycles. The predicted octanol–water partition coefficient (Wildman–Crippen LogP) is 1.24. The molecule has 10 nitrogen and oxygen atoms in total. The first-order valence-corrected chi connectivity index (χ1v) is 5.71. The molecule has 0 aromatic carbocycles. The number of hydrazine groups is 1. The van der Waals surface area contributed by atoms with Crippen molar-refractivity contribution < 1.29 is 9.66 Å². The zero-order valence-electron chi connectivity index (χ0n) is 10.8. The second-order valence-corrected chi connectivity index (χ2v) is 4.14. The molecule has 2 aromatic rings. The van der Waals surface area contributed by atoms with E-state index in [0.717, 1.165) is 6.20 Å². The minimum absolute atomic E-state index is 0.0156. The molecule has 0 atom stereocenters. The first-order chi connectivity index (χ1) is 9.51. The van der Waals surface area contributed by atoms with Gasteiger partial charge in [0.1, 0.15) is 6.20 Å². The summed E-state index contributed by atoms with van der Waals surface area (Å²) in [6.45, 7) is 3.89. The molecule has 2 rings (SSSR count). The van der Waals surface area contributed by atoms with E-state index in [-0.39, 0.29) is 23.6 Å². The number of nitrogen functional groups attached to an aromatic ring is 1. The van der Waals surface area contributed by atoms with Crippen LogP contribution in [-0.2, 0) is 0 Å². The summed E-state index contributed by atoms with van der Waals surface area (Å²) in [7, 11) is 0. The highest BCUT2D eigenvalue weighted by atomic mass is 16.6. The van der Waals surface area contributed by atoms with Crippen LogP contribution in [0.2, 0.25) is 0 Å². The molecule has 0 fully saturated rings. The smallest absolute Gasteiger partial charge is 0.349 e. The second-order valence-electron chi connectivity index (χ2n) is 4.14. The lowest BCUT2D eigenvalue weighted by atomic mass is 10.4. The molecule has 0 unspecified atom stereocenters. The fraction of sp³-hybridized carbons (Fsp3) is 0.300. The normalized spacial score (nSPS) is 10.6. The maximum Gasteiger partial charge on any atom is 0.349 e. The molecule has 0 saturated heterocycles. The Hall–Kier alpha value is -2.75. The van der Waals surface area contributed by atoms with Crippen LogP contribution in [0.3, 0.4) is 0 Å². The van der Waals surface area contributed by atoms with Crippen LogP contribution in [-0.4, -0.2) is 24.7 Å². The van der Waals surface area contributed by atoms with E-state index in [0.29, 0.717) is 5.75 Å². The summed E-state index contributed by atoms with van der Waals surface area (Å²) in [5.74, 6) is 5.31. The van der Waals surface area contributed by atoms with Gasteiger partial charge in [0.2, 0.25) is 5.95 Å². The van der Waals surface area contributed by atoms with Gasteiger partial charge in [-0.1, -0.05) is 0 Å². The van der Waals surface area contributed by atoms with Gasteiger partial charge in [-0.15, -0.1) is 0 Å². The molecule has 2 heterocycles. The molecule has 0 bridgehead atoms. The molecule has 10 heteroatoms. The minimum atomic E-state index is -0.636. The number of nitro groups is 1. The van der Waals surface area contributed by atoms with Crippen molar-refractivity contribution >= 4 is 11.6 Å². The summed E-state index contributed by atoms with van der Waals surface area (Å²) < 4.78 is 7.03. The van der Waals surface area contributed by atoms with Crippen LogP contribution in [0.1, 0.15) is 19.9 Å².